The Morgan fingerprint density at radius 1 is 1.53 bits per heavy atom. The molecule has 0 bridgehead atoms. The van der Waals surface area contributed by atoms with Gasteiger partial charge in [-0.15, -0.1) is 0 Å². The number of hydrogen-bond acceptors (Lipinski definition) is 4. The molecular weight excluding hydrogens is 270 g/mol. The summed E-state index contributed by atoms with van der Waals surface area (Å²) >= 11 is 0. The first-order valence-electron chi connectivity index (χ1n) is 5.71. The van der Waals surface area contributed by atoms with E-state index in [1.807, 2.05) is 0 Å². The number of carbonyl (C=O) groups is 1. The van der Waals surface area contributed by atoms with Crippen LogP contribution in [0.25, 0.3) is 0 Å². The van der Waals surface area contributed by atoms with Crippen molar-refractivity contribution < 1.29 is 19.0 Å². The summed E-state index contributed by atoms with van der Waals surface area (Å²) in [5, 5.41) is 18.8. The first-order valence-corrected chi connectivity index (χ1v) is 7.09. The Bertz CT molecular complexity index is 529. The van der Waals surface area contributed by atoms with E-state index in [1.54, 1.807) is 19.9 Å². The number of benzene rings is 1. The number of carboxylic acid groups (broad SMARTS) is 1. The third-order valence-corrected chi connectivity index (χ3v) is 4.64. The predicted octanol–water partition coefficient (Wildman–Crippen LogP) is 2.02. The van der Waals surface area contributed by atoms with Crippen molar-refractivity contribution in [3.63, 3.8) is 0 Å². The van der Waals surface area contributed by atoms with Crippen molar-refractivity contribution in [1.29, 1.82) is 0 Å². The number of carboxylic acids is 1. The molecule has 0 radical (unpaired) electrons. The van der Waals surface area contributed by atoms with Crippen molar-refractivity contribution in [3.05, 3.63) is 39.4 Å². The molecule has 0 heterocycles. The summed E-state index contributed by atoms with van der Waals surface area (Å²) in [6, 6.07) is 4.52. The minimum atomic E-state index is -1.59. The molecule has 0 saturated heterocycles. The molecule has 1 rings (SSSR count). The van der Waals surface area contributed by atoms with E-state index >= 15 is 0 Å². The van der Waals surface area contributed by atoms with E-state index in [2.05, 4.69) is 0 Å². The first kappa shape index (κ1) is 15.3. The Balaban J connectivity index is 3.00. The molecule has 104 valence electrons. The minimum Gasteiger partial charge on any atom is -0.480 e. The van der Waals surface area contributed by atoms with Gasteiger partial charge in [-0.1, -0.05) is 19.1 Å². The molecule has 0 aliphatic rings. The summed E-state index contributed by atoms with van der Waals surface area (Å²) < 4.78 is 12.0. The maximum Gasteiger partial charge on any atom is 0.319 e. The molecule has 0 aliphatic carbocycles. The summed E-state index contributed by atoms with van der Waals surface area (Å²) in [6.45, 7) is 3.23. The van der Waals surface area contributed by atoms with Crippen LogP contribution >= 0.6 is 0 Å². The molecular formula is C12H15NO5S. The normalized spacial score (nSPS) is 13.8. The van der Waals surface area contributed by atoms with Gasteiger partial charge >= 0.3 is 5.97 Å². The lowest BCUT2D eigenvalue weighted by atomic mass is 10.1. The summed E-state index contributed by atoms with van der Waals surface area (Å²) in [5.74, 6) is -1.10. The van der Waals surface area contributed by atoms with Crippen molar-refractivity contribution in [2.75, 3.05) is 0 Å². The summed E-state index contributed by atoms with van der Waals surface area (Å²) in [4.78, 5) is 21.2. The SMILES string of the molecule is CCC(C(=O)O)S(=O)Cc1cccc([N+](=O)[O-])c1C. The quantitative estimate of drug-likeness (QED) is 0.637. The van der Waals surface area contributed by atoms with E-state index in [0.717, 1.165) is 0 Å². The molecule has 0 spiro atoms. The van der Waals surface area contributed by atoms with E-state index in [9.17, 15) is 19.1 Å². The molecule has 1 aromatic rings. The fourth-order valence-corrected chi connectivity index (χ4v) is 3.17. The molecule has 2 unspecified atom stereocenters. The monoisotopic (exact) mass is 285 g/mol. The van der Waals surface area contributed by atoms with Gasteiger partial charge in [0.2, 0.25) is 0 Å². The van der Waals surface area contributed by atoms with Gasteiger partial charge in [-0.3, -0.25) is 19.1 Å². The average Bonchev–Trinajstić information content (AvgIpc) is 2.31. The van der Waals surface area contributed by atoms with Gasteiger partial charge in [0.05, 0.1) is 4.92 Å². The number of nitro benzene ring substituents is 1. The second-order valence-electron chi connectivity index (χ2n) is 4.08. The number of hydrogen-bond donors (Lipinski definition) is 1. The molecule has 0 fully saturated rings. The molecule has 6 nitrogen and oxygen atoms in total. The predicted molar refractivity (Wildman–Crippen MR) is 71.4 cm³/mol. The van der Waals surface area contributed by atoms with Crippen molar-refractivity contribution >= 4 is 22.5 Å². The van der Waals surface area contributed by atoms with Gasteiger partial charge in [-0.25, -0.2) is 0 Å². The Morgan fingerprint density at radius 2 is 2.16 bits per heavy atom. The number of aliphatic carboxylic acids is 1. The van der Waals surface area contributed by atoms with E-state index in [0.29, 0.717) is 11.1 Å². The van der Waals surface area contributed by atoms with Gasteiger partial charge in [0.25, 0.3) is 5.69 Å². The van der Waals surface area contributed by atoms with E-state index in [4.69, 9.17) is 5.11 Å². The fourth-order valence-electron chi connectivity index (χ4n) is 1.75. The maximum absolute atomic E-state index is 12.0. The Labute approximate surface area is 113 Å². The molecule has 1 N–H and O–H groups in total. The van der Waals surface area contributed by atoms with Crippen LogP contribution in [0.3, 0.4) is 0 Å². The molecule has 0 aromatic heterocycles. The third kappa shape index (κ3) is 3.60. The molecule has 0 saturated carbocycles. The van der Waals surface area contributed by atoms with E-state index < -0.39 is 26.9 Å². The lowest BCUT2D eigenvalue weighted by Gasteiger charge is -2.11. The summed E-state index contributed by atoms with van der Waals surface area (Å²) in [5.41, 5.74) is 0.936. The number of nitrogens with zero attached hydrogens (tertiary/aromatic N) is 1. The van der Waals surface area contributed by atoms with Crippen LogP contribution in [0.2, 0.25) is 0 Å². The average molecular weight is 285 g/mol. The van der Waals surface area contributed by atoms with Crippen molar-refractivity contribution in [3.8, 4) is 0 Å². The van der Waals surface area contributed by atoms with Crippen LogP contribution in [-0.4, -0.2) is 25.5 Å². The Morgan fingerprint density at radius 3 is 2.63 bits per heavy atom. The summed E-state index contributed by atoms with van der Waals surface area (Å²) in [6.07, 6.45) is 0.260. The van der Waals surface area contributed by atoms with Crippen LogP contribution in [0.4, 0.5) is 5.69 Å². The molecule has 7 heteroatoms. The van der Waals surface area contributed by atoms with E-state index in [1.165, 1.54) is 12.1 Å². The van der Waals surface area contributed by atoms with Gasteiger partial charge in [-0.2, -0.15) is 0 Å². The molecule has 2 atom stereocenters. The van der Waals surface area contributed by atoms with Gasteiger partial charge in [0, 0.05) is 28.2 Å². The van der Waals surface area contributed by atoms with Crippen LogP contribution in [0.1, 0.15) is 24.5 Å². The smallest absolute Gasteiger partial charge is 0.319 e. The Kier molecular flexibility index (Phi) is 5.17. The molecule has 1 aromatic carbocycles. The topological polar surface area (TPSA) is 97.5 Å². The zero-order valence-electron chi connectivity index (χ0n) is 10.7. The fraction of sp³-hybridized carbons (Fsp3) is 0.417. The highest BCUT2D eigenvalue weighted by Gasteiger charge is 2.24. The second-order valence-corrected chi connectivity index (χ2v) is 5.70. The third-order valence-electron chi connectivity index (χ3n) is 2.88. The lowest BCUT2D eigenvalue weighted by Crippen LogP contribution is -2.25. The van der Waals surface area contributed by atoms with E-state index in [-0.39, 0.29) is 17.9 Å². The van der Waals surface area contributed by atoms with Crippen molar-refractivity contribution in [1.82, 2.24) is 0 Å². The molecule has 0 amide bonds. The van der Waals surface area contributed by atoms with Crippen molar-refractivity contribution in [2.24, 2.45) is 0 Å². The summed E-state index contributed by atoms with van der Waals surface area (Å²) in [7, 11) is -1.59. The minimum absolute atomic E-state index is 0.0122. The van der Waals surface area contributed by atoms with Crippen LogP contribution < -0.4 is 0 Å². The van der Waals surface area contributed by atoms with Gasteiger partial charge in [0.1, 0.15) is 5.25 Å². The standard InChI is InChI=1S/C12H15NO5S/c1-3-11(12(14)15)19(18)7-9-5-4-6-10(8(9)2)13(16)17/h4-6,11H,3,7H2,1-2H3,(H,14,15). The highest BCUT2D eigenvalue weighted by Crippen LogP contribution is 2.23. The highest BCUT2D eigenvalue weighted by atomic mass is 32.2. The molecule has 0 aliphatic heterocycles. The van der Waals surface area contributed by atoms with Crippen molar-refractivity contribution in [2.45, 2.75) is 31.3 Å². The largest absolute Gasteiger partial charge is 0.480 e. The van der Waals surface area contributed by atoms with Gasteiger partial charge in [0.15, 0.2) is 0 Å². The maximum atomic E-state index is 12.0. The van der Waals surface area contributed by atoms with Crippen LogP contribution in [0.15, 0.2) is 18.2 Å². The molecule has 19 heavy (non-hydrogen) atoms. The van der Waals surface area contributed by atoms with Crippen LogP contribution in [0.5, 0.6) is 0 Å². The first-order chi connectivity index (χ1) is 8.88. The zero-order chi connectivity index (χ0) is 14.6. The van der Waals surface area contributed by atoms with Gasteiger partial charge in [-0.05, 0) is 18.9 Å². The van der Waals surface area contributed by atoms with Gasteiger partial charge < -0.3 is 5.11 Å². The Hall–Kier alpha value is -1.76. The highest BCUT2D eigenvalue weighted by molar-refractivity contribution is 7.85. The number of nitro groups is 1. The van der Waals surface area contributed by atoms with Crippen LogP contribution in [-0.2, 0) is 21.3 Å². The second kappa shape index (κ2) is 6.42. The number of rotatable bonds is 6. The lowest BCUT2D eigenvalue weighted by molar-refractivity contribution is -0.385. The van der Waals surface area contributed by atoms with Crippen LogP contribution in [0, 0.1) is 17.0 Å². The zero-order valence-corrected chi connectivity index (χ0v) is 11.5.